The van der Waals surface area contributed by atoms with E-state index in [-0.39, 0.29) is 24.2 Å². The third-order valence-electron chi connectivity index (χ3n) is 7.21. The highest BCUT2D eigenvalue weighted by molar-refractivity contribution is 8.04. The van der Waals surface area contributed by atoms with Gasteiger partial charge in [0.25, 0.3) is 11.8 Å². The van der Waals surface area contributed by atoms with Crippen molar-refractivity contribution in [1.82, 2.24) is 15.1 Å². The fourth-order valence-electron chi connectivity index (χ4n) is 4.86. The lowest BCUT2D eigenvalue weighted by Gasteiger charge is -2.33. The quantitative estimate of drug-likeness (QED) is 0.410. The Morgan fingerprint density at radius 1 is 0.949 bits per heavy atom. The average molecular weight is 545 g/mol. The number of benzene rings is 3. The minimum atomic E-state index is -0.334. The highest BCUT2D eigenvalue weighted by Gasteiger charge is 2.29. The van der Waals surface area contributed by atoms with Crippen molar-refractivity contribution in [3.63, 3.8) is 0 Å². The summed E-state index contributed by atoms with van der Waals surface area (Å²) >= 11 is 1.40. The number of carbonyl (C=O) groups excluding carboxylic acids is 2. The van der Waals surface area contributed by atoms with Crippen molar-refractivity contribution in [2.75, 3.05) is 50.7 Å². The molecule has 1 N–H and O–H groups in total. The Balaban J connectivity index is 1.24. The minimum Gasteiger partial charge on any atom is -0.351 e. The molecule has 0 aliphatic carbocycles. The fourth-order valence-corrected chi connectivity index (χ4v) is 5.92. The molecule has 39 heavy (non-hydrogen) atoms. The molecule has 0 radical (unpaired) electrons. The molecule has 2 amide bonds. The van der Waals surface area contributed by atoms with Crippen LogP contribution in [0.2, 0.25) is 0 Å². The zero-order valence-electron chi connectivity index (χ0n) is 22.1. The number of fused-ring (bicyclic) bond motifs is 1. The van der Waals surface area contributed by atoms with E-state index in [1.807, 2.05) is 42.5 Å². The van der Waals surface area contributed by atoms with Gasteiger partial charge in [-0.05, 0) is 48.5 Å². The summed E-state index contributed by atoms with van der Waals surface area (Å²) in [5.41, 5.74) is 2.64. The topological polar surface area (TPSA) is 55.9 Å². The first-order valence-corrected chi connectivity index (χ1v) is 14.2. The lowest BCUT2D eigenvalue weighted by atomic mass is 10.1. The van der Waals surface area contributed by atoms with E-state index in [0.29, 0.717) is 22.6 Å². The third-order valence-corrected chi connectivity index (χ3v) is 8.29. The van der Waals surface area contributed by atoms with Crippen LogP contribution in [0.5, 0.6) is 0 Å². The summed E-state index contributed by atoms with van der Waals surface area (Å²) in [7, 11) is 0. The van der Waals surface area contributed by atoms with Crippen LogP contribution in [-0.2, 0) is 11.3 Å². The van der Waals surface area contributed by atoms with E-state index in [4.69, 9.17) is 0 Å². The van der Waals surface area contributed by atoms with Gasteiger partial charge in [-0.25, -0.2) is 4.39 Å². The molecule has 2 aliphatic heterocycles. The molecule has 1 fully saturated rings. The number of carbonyl (C=O) groups is 2. The van der Waals surface area contributed by atoms with Crippen LogP contribution in [0.1, 0.15) is 28.4 Å². The Hall–Kier alpha value is -3.46. The molecule has 3 aromatic rings. The monoisotopic (exact) mass is 544 g/mol. The SMILES string of the molecule is CCN1CCN(CCNC(=O)c2ccc(/C=C3\Sc4ccccc4N(Cc4ccccc4F)C3=O)cc2)CC1. The van der Waals surface area contributed by atoms with Gasteiger partial charge in [0.15, 0.2) is 0 Å². The second-order valence-electron chi connectivity index (χ2n) is 9.71. The number of nitrogens with zero attached hydrogens (tertiary/aromatic N) is 3. The number of hydrogen-bond acceptors (Lipinski definition) is 5. The summed E-state index contributed by atoms with van der Waals surface area (Å²) in [4.78, 5) is 34.1. The molecule has 0 aromatic heterocycles. The van der Waals surface area contributed by atoms with Gasteiger partial charge in [0.05, 0.1) is 17.1 Å². The maximum atomic E-state index is 14.4. The van der Waals surface area contributed by atoms with Crippen LogP contribution in [0.3, 0.4) is 0 Å². The molecule has 0 atom stereocenters. The van der Waals surface area contributed by atoms with Gasteiger partial charge in [-0.2, -0.15) is 0 Å². The van der Waals surface area contributed by atoms with E-state index < -0.39 is 0 Å². The Bertz CT molecular complexity index is 1350. The maximum Gasteiger partial charge on any atom is 0.265 e. The summed E-state index contributed by atoms with van der Waals surface area (Å²) in [5.74, 6) is -0.613. The number of likely N-dealkylation sites (N-methyl/N-ethyl adjacent to an activating group) is 1. The number of para-hydroxylation sites is 1. The van der Waals surface area contributed by atoms with Gasteiger partial charge in [0, 0.05) is 55.3 Å². The molecular weight excluding hydrogens is 511 g/mol. The molecule has 1 saturated heterocycles. The van der Waals surface area contributed by atoms with Crippen LogP contribution in [0, 0.1) is 5.82 Å². The standard InChI is InChI=1S/C31H33FN4O2S/c1-2-34-17-19-35(20-18-34)16-15-33-30(37)24-13-11-23(12-14-24)21-29-31(38)36(22-25-7-3-4-8-26(25)32)27-9-5-6-10-28(27)39-29/h3-14,21H,2,15-20,22H2,1H3,(H,33,37)/b29-21-. The third kappa shape index (κ3) is 6.58. The summed E-state index contributed by atoms with van der Waals surface area (Å²) in [6, 6.07) is 21.4. The van der Waals surface area contributed by atoms with E-state index in [0.717, 1.165) is 55.4 Å². The fraction of sp³-hybridized carbons (Fsp3) is 0.290. The van der Waals surface area contributed by atoms with Crippen LogP contribution in [0.25, 0.3) is 6.08 Å². The molecule has 0 bridgehead atoms. The van der Waals surface area contributed by atoms with Crippen molar-refractivity contribution in [3.8, 4) is 0 Å². The molecule has 2 aliphatic rings. The van der Waals surface area contributed by atoms with Gasteiger partial charge >= 0.3 is 0 Å². The van der Waals surface area contributed by atoms with Crippen molar-refractivity contribution < 1.29 is 14.0 Å². The van der Waals surface area contributed by atoms with Crippen LogP contribution in [0.4, 0.5) is 10.1 Å². The molecule has 8 heteroatoms. The first-order valence-electron chi connectivity index (χ1n) is 13.4. The number of thioether (sulfide) groups is 1. The molecule has 6 nitrogen and oxygen atoms in total. The van der Waals surface area contributed by atoms with Gasteiger partial charge in [0.2, 0.25) is 0 Å². The molecular formula is C31H33FN4O2S. The molecule has 202 valence electrons. The normalized spacial score (nSPS) is 17.3. The minimum absolute atomic E-state index is 0.102. The summed E-state index contributed by atoms with van der Waals surface area (Å²) in [5, 5.41) is 3.02. The van der Waals surface area contributed by atoms with Gasteiger partial charge < -0.3 is 15.1 Å². The summed E-state index contributed by atoms with van der Waals surface area (Å²) in [6.45, 7) is 9.10. The Morgan fingerprint density at radius 2 is 1.64 bits per heavy atom. The predicted molar refractivity (Wildman–Crippen MR) is 155 cm³/mol. The van der Waals surface area contributed by atoms with Gasteiger partial charge in [-0.1, -0.05) is 61.2 Å². The summed E-state index contributed by atoms with van der Waals surface area (Å²) < 4.78 is 14.4. The lowest BCUT2D eigenvalue weighted by molar-refractivity contribution is -0.114. The van der Waals surface area contributed by atoms with Crippen LogP contribution < -0.4 is 10.2 Å². The average Bonchev–Trinajstić information content (AvgIpc) is 2.97. The second kappa shape index (κ2) is 12.6. The zero-order valence-corrected chi connectivity index (χ0v) is 22.9. The smallest absolute Gasteiger partial charge is 0.265 e. The number of anilines is 1. The molecule has 0 unspecified atom stereocenters. The van der Waals surface area contributed by atoms with Crippen molar-refractivity contribution in [2.24, 2.45) is 0 Å². The number of nitrogens with one attached hydrogen (secondary N) is 1. The molecule has 2 heterocycles. The Kier molecular flexibility index (Phi) is 8.76. The predicted octanol–water partition coefficient (Wildman–Crippen LogP) is 4.87. The Labute approximate surface area is 233 Å². The summed E-state index contributed by atoms with van der Waals surface area (Å²) in [6.07, 6.45) is 1.83. The molecule has 3 aromatic carbocycles. The van der Waals surface area contributed by atoms with Crippen molar-refractivity contribution in [2.45, 2.75) is 18.4 Å². The second-order valence-corrected chi connectivity index (χ2v) is 10.8. The van der Waals surface area contributed by atoms with Gasteiger partial charge in [0.1, 0.15) is 5.82 Å². The van der Waals surface area contributed by atoms with Crippen LogP contribution in [-0.4, -0.2) is 67.4 Å². The van der Waals surface area contributed by atoms with Crippen molar-refractivity contribution in [3.05, 3.63) is 100 Å². The molecule has 5 rings (SSSR count). The number of rotatable bonds is 8. The number of amides is 2. The first kappa shape index (κ1) is 27.1. The molecule has 0 spiro atoms. The van der Waals surface area contributed by atoms with Gasteiger partial charge in [-0.15, -0.1) is 0 Å². The van der Waals surface area contributed by atoms with E-state index in [2.05, 4.69) is 22.0 Å². The number of piperazine rings is 1. The highest BCUT2D eigenvalue weighted by Crippen LogP contribution is 2.42. The Morgan fingerprint density at radius 3 is 2.38 bits per heavy atom. The largest absolute Gasteiger partial charge is 0.351 e. The van der Waals surface area contributed by atoms with E-state index in [1.165, 1.54) is 17.8 Å². The van der Waals surface area contributed by atoms with E-state index >= 15 is 0 Å². The van der Waals surface area contributed by atoms with Crippen LogP contribution >= 0.6 is 11.8 Å². The lowest BCUT2D eigenvalue weighted by Crippen LogP contribution is -2.48. The number of hydrogen-bond donors (Lipinski definition) is 1. The van der Waals surface area contributed by atoms with E-state index in [9.17, 15) is 14.0 Å². The van der Waals surface area contributed by atoms with Gasteiger partial charge in [-0.3, -0.25) is 14.5 Å². The number of halogens is 1. The van der Waals surface area contributed by atoms with E-state index in [1.54, 1.807) is 35.2 Å². The maximum absolute atomic E-state index is 14.4. The van der Waals surface area contributed by atoms with Crippen molar-refractivity contribution >= 4 is 35.3 Å². The highest BCUT2D eigenvalue weighted by atomic mass is 32.2. The zero-order chi connectivity index (χ0) is 27.2. The first-order chi connectivity index (χ1) is 19.0. The van der Waals surface area contributed by atoms with Crippen molar-refractivity contribution in [1.29, 1.82) is 0 Å². The molecule has 0 saturated carbocycles. The van der Waals surface area contributed by atoms with Crippen LogP contribution in [0.15, 0.2) is 82.6 Å².